The molecule has 0 fully saturated rings. The maximum Gasteiger partial charge on any atom is 0.255 e. The summed E-state index contributed by atoms with van der Waals surface area (Å²) in [7, 11) is 0. The molecule has 0 aromatic heterocycles. The molecule has 0 spiro atoms. The molecule has 3 aromatic carbocycles. The maximum absolute atomic E-state index is 12.4. The quantitative estimate of drug-likeness (QED) is 0.456. The third kappa shape index (κ3) is 5.97. The molecule has 0 unspecified atom stereocenters. The molecular weight excluding hydrogens is 392 g/mol. The Morgan fingerprint density at radius 3 is 2.07 bits per heavy atom. The zero-order valence-corrected chi connectivity index (χ0v) is 18.3. The van der Waals surface area contributed by atoms with Crippen molar-refractivity contribution in [2.24, 2.45) is 0 Å². The summed E-state index contributed by atoms with van der Waals surface area (Å²) < 4.78 is 0. The van der Waals surface area contributed by atoms with Gasteiger partial charge in [0.15, 0.2) is 0 Å². The Morgan fingerprint density at radius 2 is 1.43 bits per heavy atom. The average Bonchev–Trinajstić information content (AvgIpc) is 2.74. The SMILES string of the molecule is Cc1ccccc1C(=O)Nc1ccc(SCC(=O)Nc2ccc(C(C)C)cc2)cc1. The monoisotopic (exact) mass is 418 g/mol. The Balaban J connectivity index is 1.50. The minimum absolute atomic E-state index is 0.0470. The molecule has 0 heterocycles. The first-order valence-electron chi connectivity index (χ1n) is 9.92. The van der Waals surface area contributed by atoms with Gasteiger partial charge in [-0.05, 0) is 66.4 Å². The molecule has 154 valence electrons. The van der Waals surface area contributed by atoms with Crippen molar-refractivity contribution in [3.63, 3.8) is 0 Å². The number of amides is 2. The number of nitrogens with one attached hydrogen (secondary N) is 2. The summed E-state index contributed by atoms with van der Waals surface area (Å²) >= 11 is 1.46. The molecular formula is C25H26N2O2S. The predicted octanol–water partition coefficient (Wildman–Crippen LogP) is 6.10. The fraction of sp³-hybridized carbons (Fsp3) is 0.200. The third-order valence-corrected chi connectivity index (χ3v) is 5.74. The molecule has 4 nitrogen and oxygen atoms in total. The zero-order valence-electron chi connectivity index (χ0n) is 17.4. The molecule has 3 aromatic rings. The summed E-state index contributed by atoms with van der Waals surface area (Å²) in [5.41, 5.74) is 4.37. The van der Waals surface area contributed by atoms with Gasteiger partial charge in [-0.1, -0.05) is 44.2 Å². The van der Waals surface area contributed by atoms with Crippen LogP contribution in [0.15, 0.2) is 77.7 Å². The van der Waals surface area contributed by atoms with Gasteiger partial charge >= 0.3 is 0 Å². The molecule has 0 aliphatic rings. The lowest BCUT2D eigenvalue weighted by molar-refractivity contribution is -0.113. The van der Waals surface area contributed by atoms with Crippen LogP contribution in [0.5, 0.6) is 0 Å². The molecule has 5 heteroatoms. The van der Waals surface area contributed by atoms with Crippen molar-refractivity contribution in [1.29, 1.82) is 0 Å². The molecule has 0 bridgehead atoms. The molecule has 0 atom stereocenters. The lowest BCUT2D eigenvalue weighted by atomic mass is 10.0. The van der Waals surface area contributed by atoms with Crippen molar-refractivity contribution in [2.45, 2.75) is 31.6 Å². The summed E-state index contributed by atoms with van der Waals surface area (Å²) in [4.78, 5) is 25.6. The van der Waals surface area contributed by atoms with Gasteiger partial charge in [-0.3, -0.25) is 9.59 Å². The second kappa shape index (κ2) is 10.1. The Labute approximate surface area is 182 Å². The molecule has 0 aliphatic carbocycles. The van der Waals surface area contributed by atoms with Crippen molar-refractivity contribution in [3.05, 3.63) is 89.5 Å². The van der Waals surface area contributed by atoms with Crippen molar-refractivity contribution in [1.82, 2.24) is 0 Å². The summed E-state index contributed by atoms with van der Waals surface area (Å²) in [6.07, 6.45) is 0. The van der Waals surface area contributed by atoms with Crippen LogP contribution in [0.1, 0.15) is 41.3 Å². The van der Waals surface area contributed by atoms with Crippen LogP contribution in [0.3, 0.4) is 0 Å². The minimum atomic E-state index is -0.128. The largest absolute Gasteiger partial charge is 0.325 e. The fourth-order valence-electron chi connectivity index (χ4n) is 2.96. The molecule has 3 rings (SSSR count). The number of anilines is 2. The van der Waals surface area contributed by atoms with E-state index in [1.165, 1.54) is 17.3 Å². The van der Waals surface area contributed by atoms with Gasteiger partial charge in [-0.2, -0.15) is 0 Å². The van der Waals surface area contributed by atoms with Crippen molar-refractivity contribution in [2.75, 3.05) is 16.4 Å². The predicted molar refractivity (Wildman–Crippen MR) is 125 cm³/mol. The van der Waals surface area contributed by atoms with E-state index in [0.29, 0.717) is 17.2 Å². The first kappa shape index (κ1) is 21.7. The topological polar surface area (TPSA) is 58.2 Å². The van der Waals surface area contributed by atoms with Crippen molar-refractivity contribution >= 4 is 35.0 Å². The first-order valence-corrected chi connectivity index (χ1v) is 10.9. The molecule has 2 amide bonds. The number of hydrogen-bond donors (Lipinski definition) is 2. The van der Waals surface area contributed by atoms with Gasteiger partial charge in [0.25, 0.3) is 5.91 Å². The number of rotatable bonds is 7. The number of carbonyl (C=O) groups is 2. The molecule has 2 N–H and O–H groups in total. The van der Waals surface area contributed by atoms with E-state index in [4.69, 9.17) is 0 Å². The van der Waals surface area contributed by atoms with Gasteiger partial charge in [0.05, 0.1) is 5.75 Å². The number of thioether (sulfide) groups is 1. The highest BCUT2D eigenvalue weighted by Gasteiger charge is 2.09. The molecule has 0 saturated heterocycles. The van der Waals surface area contributed by atoms with Crippen LogP contribution in [-0.4, -0.2) is 17.6 Å². The number of benzene rings is 3. The second-order valence-corrected chi connectivity index (χ2v) is 8.46. The molecule has 0 aliphatic heterocycles. The third-order valence-electron chi connectivity index (χ3n) is 4.73. The van der Waals surface area contributed by atoms with Crippen LogP contribution in [0.2, 0.25) is 0 Å². The van der Waals surface area contributed by atoms with Crippen LogP contribution in [0.25, 0.3) is 0 Å². The highest BCUT2D eigenvalue weighted by Crippen LogP contribution is 2.22. The molecule has 0 saturated carbocycles. The number of hydrogen-bond acceptors (Lipinski definition) is 3. The lowest BCUT2D eigenvalue weighted by Crippen LogP contribution is -2.14. The van der Waals surface area contributed by atoms with E-state index < -0.39 is 0 Å². The Bertz CT molecular complexity index is 1010. The van der Waals surface area contributed by atoms with Crippen LogP contribution in [-0.2, 0) is 4.79 Å². The summed E-state index contributed by atoms with van der Waals surface area (Å²) in [5.74, 6) is 0.612. The standard InChI is InChI=1S/C25H26N2O2S/c1-17(2)19-8-10-20(11-9-19)26-24(28)16-30-22-14-12-21(13-15-22)27-25(29)23-7-5-4-6-18(23)3/h4-15,17H,16H2,1-3H3,(H,26,28)(H,27,29). The van der Waals surface area contributed by atoms with E-state index >= 15 is 0 Å². The Kier molecular flexibility index (Phi) is 7.31. The van der Waals surface area contributed by atoms with Gasteiger partial charge in [-0.15, -0.1) is 11.8 Å². The fourth-order valence-corrected chi connectivity index (χ4v) is 3.66. The normalized spacial score (nSPS) is 10.7. The van der Waals surface area contributed by atoms with E-state index in [0.717, 1.165) is 21.8 Å². The van der Waals surface area contributed by atoms with Crippen molar-refractivity contribution < 1.29 is 9.59 Å². The summed E-state index contributed by atoms with van der Waals surface area (Å²) in [6, 6.07) is 22.9. The first-order chi connectivity index (χ1) is 14.4. The second-order valence-electron chi connectivity index (χ2n) is 7.41. The maximum atomic E-state index is 12.4. The van der Waals surface area contributed by atoms with E-state index in [9.17, 15) is 9.59 Å². The molecule has 0 radical (unpaired) electrons. The van der Waals surface area contributed by atoms with E-state index in [1.807, 2.05) is 79.7 Å². The van der Waals surface area contributed by atoms with Gasteiger partial charge in [0, 0.05) is 21.8 Å². The summed E-state index contributed by atoms with van der Waals surface area (Å²) in [6.45, 7) is 6.20. The van der Waals surface area contributed by atoms with Gasteiger partial charge < -0.3 is 10.6 Å². The summed E-state index contributed by atoms with van der Waals surface area (Å²) in [5, 5.41) is 5.83. The Morgan fingerprint density at radius 1 is 0.833 bits per heavy atom. The minimum Gasteiger partial charge on any atom is -0.325 e. The zero-order chi connectivity index (χ0) is 21.5. The van der Waals surface area contributed by atoms with E-state index in [-0.39, 0.29) is 11.8 Å². The van der Waals surface area contributed by atoms with Crippen LogP contribution in [0.4, 0.5) is 11.4 Å². The van der Waals surface area contributed by atoms with Crippen LogP contribution in [0, 0.1) is 6.92 Å². The van der Waals surface area contributed by atoms with Crippen molar-refractivity contribution in [3.8, 4) is 0 Å². The van der Waals surface area contributed by atoms with Gasteiger partial charge in [0.2, 0.25) is 5.91 Å². The average molecular weight is 419 g/mol. The van der Waals surface area contributed by atoms with Crippen LogP contribution >= 0.6 is 11.8 Å². The highest BCUT2D eigenvalue weighted by atomic mass is 32.2. The smallest absolute Gasteiger partial charge is 0.255 e. The van der Waals surface area contributed by atoms with Gasteiger partial charge in [-0.25, -0.2) is 0 Å². The van der Waals surface area contributed by atoms with Gasteiger partial charge in [0.1, 0.15) is 0 Å². The molecule has 30 heavy (non-hydrogen) atoms. The highest BCUT2D eigenvalue weighted by molar-refractivity contribution is 8.00. The number of aryl methyl sites for hydroxylation is 1. The van der Waals surface area contributed by atoms with Crippen LogP contribution < -0.4 is 10.6 Å². The lowest BCUT2D eigenvalue weighted by Gasteiger charge is -2.09. The van der Waals surface area contributed by atoms with E-state index in [1.54, 1.807) is 0 Å². The number of carbonyl (C=O) groups excluding carboxylic acids is 2. The van der Waals surface area contributed by atoms with E-state index in [2.05, 4.69) is 24.5 Å². The Hall–Kier alpha value is -3.05.